The van der Waals surface area contributed by atoms with Crippen LogP contribution < -0.4 is 15.2 Å². The zero-order valence-corrected chi connectivity index (χ0v) is 13.3. The van der Waals surface area contributed by atoms with Gasteiger partial charge in [0.05, 0.1) is 12.7 Å². The zero-order valence-electron chi connectivity index (χ0n) is 12.5. The number of nitrogens with zero attached hydrogens (tertiary/aromatic N) is 2. The molecule has 0 aliphatic rings. The van der Waals surface area contributed by atoms with Gasteiger partial charge in [-0.2, -0.15) is 5.26 Å². The third-order valence-electron chi connectivity index (χ3n) is 3.03. The molecule has 0 amide bonds. The molecule has 2 aromatic rings. The van der Waals surface area contributed by atoms with Crippen molar-refractivity contribution in [3.63, 3.8) is 0 Å². The molecular weight excluding hydrogens is 310 g/mol. The summed E-state index contributed by atoms with van der Waals surface area (Å²) in [5.41, 5.74) is 7.49. The number of methoxy groups -OCH3 is 1. The number of thiocarbonyl (C=S) groups is 1. The lowest BCUT2D eigenvalue weighted by Gasteiger charge is -2.11. The second-order valence-corrected chi connectivity index (χ2v) is 5.03. The lowest BCUT2D eigenvalue weighted by molar-refractivity contribution is 0.284. The molecular formula is C17H15N3O2S. The van der Waals surface area contributed by atoms with Crippen molar-refractivity contribution in [2.75, 3.05) is 7.11 Å². The highest BCUT2D eigenvalue weighted by Crippen LogP contribution is 2.29. The smallest absolute Gasteiger partial charge is 0.161 e. The number of ether oxygens (including phenoxy) is 2. The Morgan fingerprint density at radius 3 is 2.65 bits per heavy atom. The Hall–Kier alpha value is -2.91. The molecule has 1 aromatic carbocycles. The van der Waals surface area contributed by atoms with E-state index in [1.807, 2.05) is 18.2 Å². The van der Waals surface area contributed by atoms with Crippen LogP contribution in [0.5, 0.6) is 11.5 Å². The fourth-order valence-electron chi connectivity index (χ4n) is 1.86. The molecule has 0 atom stereocenters. The molecule has 23 heavy (non-hydrogen) atoms. The summed E-state index contributed by atoms with van der Waals surface area (Å²) in [6, 6.07) is 11.1. The molecule has 0 aliphatic heterocycles. The fourth-order valence-corrected chi connectivity index (χ4v) is 1.96. The normalized spacial score (nSPS) is 10.7. The third-order valence-corrected chi connectivity index (χ3v) is 3.25. The molecule has 0 fully saturated rings. The van der Waals surface area contributed by atoms with Crippen LogP contribution in [0.15, 0.2) is 48.3 Å². The highest BCUT2D eigenvalue weighted by atomic mass is 32.1. The van der Waals surface area contributed by atoms with E-state index in [0.29, 0.717) is 18.1 Å². The monoisotopic (exact) mass is 325 g/mol. The average Bonchev–Trinajstić information content (AvgIpc) is 2.58. The van der Waals surface area contributed by atoms with E-state index in [1.54, 1.807) is 43.8 Å². The van der Waals surface area contributed by atoms with Gasteiger partial charge in [-0.3, -0.25) is 4.98 Å². The Kier molecular flexibility index (Phi) is 5.67. The van der Waals surface area contributed by atoms with Crippen LogP contribution in [-0.2, 0) is 6.61 Å². The number of hydrogen-bond acceptors (Lipinski definition) is 5. The van der Waals surface area contributed by atoms with Crippen LogP contribution in [-0.4, -0.2) is 17.1 Å². The van der Waals surface area contributed by atoms with Gasteiger partial charge in [0.2, 0.25) is 0 Å². The van der Waals surface area contributed by atoms with Crippen molar-refractivity contribution in [1.29, 1.82) is 5.26 Å². The summed E-state index contributed by atoms with van der Waals surface area (Å²) in [5.74, 6) is 1.17. The molecule has 5 nitrogen and oxygen atoms in total. The van der Waals surface area contributed by atoms with Gasteiger partial charge in [0.1, 0.15) is 17.7 Å². The van der Waals surface area contributed by atoms with Crippen molar-refractivity contribution in [1.82, 2.24) is 4.98 Å². The molecule has 2 N–H and O–H groups in total. The predicted octanol–water partition coefficient (Wildman–Crippen LogP) is 2.86. The van der Waals surface area contributed by atoms with E-state index >= 15 is 0 Å². The first-order chi connectivity index (χ1) is 11.1. The first-order valence-corrected chi connectivity index (χ1v) is 7.16. The molecule has 0 unspecified atom stereocenters. The summed E-state index contributed by atoms with van der Waals surface area (Å²) in [6.07, 6.45) is 5.03. The Labute approximate surface area is 140 Å². The maximum Gasteiger partial charge on any atom is 0.161 e. The van der Waals surface area contributed by atoms with E-state index in [-0.39, 0.29) is 10.6 Å². The minimum atomic E-state index is 0.0597. The topological polar surface area (TPSA) is 81.2 Å². The third kappa shape index (κ3) is 4.53. The van der Waals surface area contributed by atoms with E-state index in [0.717, 1.165) is 11.1 Å². The summed E-state index contributed by atoms with van der Waals surface area (Å²) in [4.78, 5) is 4.02. The molecule has 6 heteroatoms. The van der Waals surface area contributed by atoms with E-state index in [1.165, 1.54) is 0 Å². The quantitative estimate of drug-likeness (QED) is 0.500. The average molecular weight is 325 g/mol. The van der Waals surface area contributed by atoms with Crippen molar-refractivity contribution < 1.29 is 9.47 Å². The van der Waals surface area contributed by atoms with E-state index in [2.05, 4.69) is 4.98 Å². The molecule has 2 rings (SSSR count). The Morgan fingerprint density at radius 1 is 1.30 bits per heavy atom. The molecule has 1 aromatic heterocycles. The van der Waals surface area contributed by atoms with Gasteiger partial charge >= 0.3 is 0 Å². The maximum atomic E-state index is 9.00. The summed E-state index contributed by atoms with van der Waals surface area (Å²) in [5, 5.41) is 9.00. The van der Waals surface area contributed by atoms with E-state index in [9.17, 15) is 0 Å². The second kappa shape index (κ2) is 7.92. The lowest BCUT2D eigenvalue weighted by Crippen LogP contribution is -2.09. The minimum absolute atomic E-state index is 0.0597. The van der Waals surface area contributed by atoms with Gasteiger partial charge in [-0.05, 0) is 41.5 Å². The van der Waals surface area contributed by atoms with Crippen LogP contribution in [0.2, 0.25) is 0 Å². The van der Waals surface area contributed by atoms with Crippen molar-refractivity contribution in [2.45, 2.75) is 6.61 Å². The van der Waals surface area contributed by atoms with Gasteiger partial charge < -0.3 is 15.2 Å². The first-order valence-electron chi connectivity index (χ1n) is 6.75. The van der Waals surface area contributed by atoms with Crippen molar-refractivity contribution in [3.05, 3.63) is 59.4 Å². The van der Waals surface area contributed by atoms with Crippen molar-refractivity contribution >= 4 is 23.3 Å². The number of nitrogens with two attached hydrogens (primary N) is 1. The summed E-state index contributed by atoms with van der Waals surface area (Å²) >= 11 is 4.82. The SMILES string of the molecule is COc1cc(/C=C(\C#N)C(N)=S)ccc1OCc1ccncc1. The number of pyridine rings is 1. The lowest BCUT2D eigenvalue weighted by atomic mass is 10.1. The van der Waals surface area contributed by atoms with Gasteiger partial charge in [0.15, 0.2) is 11.5 Å². The number of benzene rings is 1. The zero-order chi connectivity index (χ0) is 16.7. The second-order valence-electron chi connectivity index (χ2n) is 4.59. The number of aromatic nitrogens is 1. The summed E-state index contributed by atoms with van der Waals surface area (Å²) < 4.78 is 11.1. The maximum absolute atomic E-state index is 9.00. The standard InChI is InChI=1S/C17H15N3O2S/c1-21-16-9-13(8-14(10-18)17(19)23)2-3-15(16)22-11-12-4-6-20-7-5-12/h2-9H,11H2,1H3,(H2,19,23)/b14-8+. The van der Waals surface area contributed by atoms with Crippen molar-refractivity contribution in [2.24, 2.45) is 5.73 Å². The first kappa shape index (κ1) is 16.5. The van der Waals surface area contributed by atoms with Crippen LogP contribution in [0.3, 0.4) is 0 Å². The van der Waals surface area contributed by atoms with Gasteiger partial charge in [-0.1, -0.05) is 18.3 Å². The molecule has 0 saturated heterocycles. The molecule has 0 bridgehead atoms. The summed E-state index contributed by atoms with van der Waals surface area (Å²) in [6.45, 7) is 0.407. The highest BCUT2D eigenvalue weighted by Gasteiger charge is 2.07. The Bertz CT molecular complexity index is 767. The van der Waals surface area contributed by atoms with Gasteiger partial charge in [0, 0.05) is 12.4 Å². The predicted molar refractivity (Wildman–Crippen MR) is 91.9 cm³/mol. The van der Waals surface area contributed by atoms with Crippen LogP contribution >= 0.6 is 12.2 Å². The van der Waals surface area contributed by atoms with E-state index < -0.39 is 0 Å². The van der Waals surface area contributed by atoms with Crippen LogP contribution in [0.1, 0.15) is 11.1 Å². The van der Waals surface area contributed by atoms with E-state index in [4.69, 9.17) is 32.7 Å². The van der Waals surface area contributed by atoms with Crippen LogP contribution in [0, 0.1) is 11.3 Å². The Balaban J connectivity index is 2.20. The highest BCUT2D eigenvalue weighted by molar-refractivity contribution is 7.80. The molecule has 116 valence electrons. The van der Waals surface area contributed by atoms with Gasteiger partial charge in [-0.15, -0.1) is 0 Å². The molecule has 0 aliphatic carbocycles. The van der Waals surface area contributed by atoms with Crippen LogP contribution in [0.4, 0.5) is 0 Å². The van der Waals surface area contributed by atoms with Gasteiger partial charge in [-0.25, -0.2) is 0 Å². The van der Waals surface area contributed by atoms with Crippen molar-refractivity contribution in [3.8, 4) is 17.6 Å². The van der Waals surface area contributed by atoms with Crippen LogP contribution in [0.25, 0.3) is 6.08 Å². The van der Waals surface area contributed by atoms with Gasteiger partial charge in [0.25, 0.3) is 0 Å². The molecule has 1 heterocycles. The fraction of sp³-hybridized carbons (Fsp3) is 0.118. The molecule has 0 spiro atoms. The molecule has 0 saturated carbocycles. The Morgan fingerprint density at radius 2 is 2.04 bits per heavy atom. The number of nitriles is 1. The largest absolute Gasteiger partial charge is 0.493 e. The summed E-state index contributed by atoms with van der Waals surface area (Å²) in [7, 11) is 1.56. The molecule has 0 radical (unpaired) electrons. The number of rotatable bonds is 6. The number of hydrogen-bond donors (Lipinski definition) is 1. The minimum Gasteiger partial charge on any atom is -0.493 e.